The Hall–Kier alpha value is -0.820. The van der Waals surface area contributed by atoms with E-state index in [9.17, 15) is 0 Å². The summed E-state index contributed by atoms with van der Waals surface area (Å²) in [6.07, 6.45) is 8.94. The highest BCUT2D eigenvalue weighted by Gasteiger charge is 2.22. The molecule has 2 atom stereocenters. The van der Waals surface area contributed by atoms with Gasteiger partial charge in [-0.25, -0.2) is 0 Å². The smallest absolute Gasteiger partial charge is 0.0325 e. The first-order valence-electron chi connectivity index (χ1n) is 8.59. The van der Waals surface area contributed by atoms with Gasteiger partial charge in [-0.05, 0) is 67.7 Å². The van der Waals surface area contributed by atoms with Crippen molar-refractivity contribution in [3.63, 3.8) is 0 Å². The largest absolute Gasteiger partial charge is 0.310 e. The van der Waals surface area contributed by atoms with Crippen LogP contribution in [0.5, 0.6) is 0 Å². The van der Waals surface area contributed by atoms with Gasteiger partial charge in [0.2, 0.25) is 0 Å². The normalized spacial score (nSPS) is 22.4. The van der Waals surface area contributed by atoms with Crippen molar-refractivity contribution >= 4 is 0 Å². The van der Waals surface area contributed by atoms with Crippen LogP contribution in [-0.2, 0) is 12.8 Å². The van der Waals surface area contributed by atoms with Crippen molar-refractivity contribution in [2.45, 2.75) is 71.8 Å². The molecule has 0 saturated heterocycles. The number of hydrogen-bond donors (Lipinski definition) is 1. The fraction of sp³-hybridized carbons (Fsp3) is 0.684. The highest BCUT2D eigenvalue weighted by Crippen LogP contribution is 2.32. The van der Waals surface area contributed by atoms with E-state index in [0.29, 0.717) is 6.04 Å². The Morgan fingerprint density at radius 2 is 2.05 bits per heavy atom. The van der Waals surface area contributed by atoms with Crippen molar-refractivity contribution in [1.29, 1.82) is 0 Å². The molecule has 0 amide bonds. The maximum atomic E-state index is 3.78. The predicted molar refractivity (Wildman–Crippen MR) is 88.2 cm³/mol. The highest BCUT2D eigenvalue weighted by atomic mass is 14.9. The Morgan fingerprint density at radius 1 is 1.20 bits per heavy atom. The molecule has 112 valence electrons. The van der Waals surface area contributed by atoms with Crippen LogP contribution in [0, 0.1) is 5.92 Å². The van der Waals surface area contributed by atoms with Gasteiger partial charge in [-0.2, -0.15) is 0 Å². The quantitative estimate of drug-likeness (QED) is 0.716. The van der Waals surface area contributed by atoms with Gasteiger partial charge in [0, 0.05) is 6.04 Å². The van der Waals surface area contributed by atoms with Gasteiger partial charge in [0.25, 0.3) is 0 Å². The summed E-state index contributed by atoms with van der Waals surface area (Å²) in [4.78, 5) is 0. The van der Waals surface area contributed by atoms with Crippen molar-refractivity contribution in [2.24, 2.45) is 5.92 Å². The van der Waals surface area contributed by atoms with Gasteiger partial charge in [0.05, 0.1) is 0 Å². The molecule has 0 bridgehead atoms. The molecule has 1 aliphatic carbocycles. The van der Waals surface area contributed by atoms with Gasteiger partial charge in [-0.3, -0.25) is 0 Å². The van der Waals surface area contributed by atoms with E-state index in [1.54, 1.807) is 11.1 Å². The standard InChI is InChI=1S/C19H31N/c1-4-6-7-16-9-11-17-10-8-15(3)13-19(18(17)14-16)20-12-5-2/h9,11,14-15,19-20H,4-8,10,12-13H2,1-3H3. The summed E-state index contributed by atoms with van der Waals surface area (Å²) in [5.74, 6) is 0.829. The van der Waals surface area contributed by atoms with Gasteiger partial charge in [0.1, 0.15) is 0 Å². The molecule has 0 aliphatic heterocycles. The predicted octanol–water partition coefficient (Wildman–Crippen LogP) is 5.04. The lowest BCUT2D eigenvalue weighted by atomic mass is 9.94. The maximum Gasteiger partial charge on any atom is 0.0325 e. The van der Waals surface area contributed by atoms with Gasteiger partial charge in [-0.1, -0.05) is 45.4 Å². The third-order valence-electron chi connectivity index (χ3n) is 4.59. The van der Waals surface area contributed by atoms with Crippen molar-refractivity contribution in [2.75, 3.05) is 6.54 Å². The SMILES string of the molecule is CCCCc1ccc2c(c1)C(NCCC)CC(C)CC2. The van der Waals surface area contributed by atoms with E-state index in [2.05, 4.69) is 44.3 Å². The molecular weight excluding hydrogens is 242 g/mol. The molecule has 0 saturated carbocycles. The van der Waals surface area contributed by atoms with Crippen molar-refractivity contribution < 1.29 is 0 Å². The number of rotatable bonds is 6. The maximum absolute atomic E-state index is 3.78. The number of nitrogens with one attached hydrogen (secondary N) is 1. The number of unbranched alkanes of at least 4 members (excludes halogenated alkanes) is 1. The van der Waals surface area contributed by atoms with E-state index >= 15 is 0 Å². The first-order chi connectivity index (χ1) is 9.74. The minimum absolute atomic E-state index is 0.573. The second kappa shape index (κ2) is 7.83. The second-order valence-corrected chi connectivity index (χ2v) is 6.52. The van der Waals surface area contributed by atoms with Crippen LogP contribution in [0.4, 0.5) is 0 Å². The minimum Gasteiger partial charge on any atom is -0.310 e. The van der Waals surface area contributed by atoms with Crippen molar-refractivity contribution in [1.82, 2.24) is 5.32 Å². The lowest BCUT2D eigenvalue weighted by Gasteiger charge is -2.21. The number of aryl methyl sites for hydroxylation is 2. The summed E-state index contributed by atoms with van der Waals surface area (Å²) in [6, 6.07) is 7.83. The fourth-order valence-corrected chi connectivity index (χ4v) is 3.29. The zero-order chi connectivity index (χ0) is 14.4. The molecule has 0 heterocycles. The van der Waals surface area contributed by atoms with Crippen LogP contribution >= 0.6 is 0 Å². The molecule has 2 unspecified atom stereocenters. The fourth-order valence-electron chi connectivity index (χ4n) is 3.29. The molecule has 0 fully saturated rings. The average Bonchev–Trinajstić information content (AvgIpc) is 2.62. The number of fused-ring (bicyclic) bond motifs is 1. The monoisotopic (exact) mass is 273 g/mol. The first-order valence-corrected chi connectivity index (χ1v) is 8.59. The molecule has 20 heavy (non-hydrogen) atoms. The Morgan fingerprint density at radius 3 is 2.80 bits per heavy atom. The second-order valence-electron chi connectivity index (χ2n) is 6.52. The molecule has 0 aromatic heterocycles. The van der Waals surface area contributed by atoms with Gasteiger partial charge in [0.15, 0.2) is 0 Å². The Bertz CT molecular complexity index is 410. The molecule has 0 spiro atoms. The summed E-state index contributed by atoms with van der Waals surface area (Å²) < 4.78 is 0. The van der Waals surface area contributed by atoms with Crippen LogP contribution in [-0.4, -0.2) is 6.54 Å². The van der Waals surface area contributed by atoms with Gasteiger partial charge in [-0.15, -0.1) is 0 Å². The first kappa shape index (κ1) is 15.6. The van der Waals surface area contributed by atoms with E-state index in [1.165, 1.54) is 50.5 Å². The van der Waals surface area contributed by atoms with Crippen LogP contribution in [0.3, 0.4) is 0 Å². The molecule has 2 rings (SSSR count). The number of hydrogen-bond acceptors (Lipinski definition) is 1. The van der Waals surface area contributed by atoms with E-state index in [0.717, 1.165) is 12.5 Å². The molecule has 1 aromatic carbocycles. The average molecular weight is 273 g/mol. The topological polar surface area (TPSA) is 12.0 Å². The molecular formula is C19H31N. The van der Waals surface area contributed by atoms with Crippen LogP contribution in [0.25, 0.3) is 0 Å². The third-order valence-corrected chi connectivity index (χ3v) is 4.59. The minimum atomic E-state index is 0.573. The lowest BCUT2D eigenvalue weighted by Crippen LogP contribution is -2.23. The van der Waals surface area contributed by atoms with Crippen molar-refractivity contribution in [3.05, 3.63) is 34.9 Å². The van der Waals surface area contributed by atoms with Gasteiger partial charge < -0.3 is 5.32 Å². The molecule has 1 nitrogen and oxygen atoms in total. The zero-order valence-corrected chi connectivity index (χ0v) is 13.5. The third kappa shape index (κ3) is 4.09. The van der Waals surface area contributed by atoms with Crippen molar-refractivity contribution in [3.8, 4) is 0 Å². The summed E-state index contributed by atoms with van der Waals surface area (Å²) >= 11 is 0. The van der Waals surface area contributed by atoms with Crippen LogP contribution in [0.2, 0.25) is 0 Å². The van der Waals surface area contributed by atoms with E-state index in [1.807, 2.05) is 0 Å². The van der Waals surface area contributed by atoms with Crippen LogP contribution in [0.1, 0.15) is 75.6 Å². The van der Waals surface area contributed by atoms with Crippen LogP contribution < -0.4 is 5.32 Å². The molecule has 1 N–H and O–H groups in total. The van der Waals surface area contributed by atoms with E-state index in [4.69, 9.17) is 0 Å². The Kier molecular flexibility index (Phi) is 6.09. The molecule has 1 heteroatoms. The number of benzene rings is 1. The van der Waals surface area contributed by atoms with Crippen LogP contribution in [0.15, 0.2) is 18.2 Å². The summed E-state index contributed by atoms with van der Waals surface area (Å²) in [5.41, 5.74) is 4.71. The highest BCUT2D eigenvalue weighted by molar-refractivity contribution is 5.35. The lowest BCUT2D eigenvalue weighted by molar-refractivity contribution is 0.408. The summed E-state index contributed by atoms with van der Waals surface area (Å²) in [6.45, 7) is 8.07. The zero-order valence-electron chi connectivity index (χ0n) is 13.5. The molecule has 1 aliphatic rings. The Balaban J connectivity index is 2.21. The summed E-state index contributed by atoms with van der Waals surface area (Å²) in [5, 5.41) is 3.78. The van der Waals surface area contributed by atoms with E-state index in [-0.39, 0.29) is 0 Å². The molecule has 0 radical (unpaired) electrons. The van der Waals surface area contributed by atoms with Gasteiger partial charge >= 0.3 is 0 Å². The van der Waals surface area contributed by atoms with E-state index < -0.39 is 0 Å². The Labute approximate surface area is 125 Å². The molecule has 1 aromatic rings. The summed E-state index contributed by atoms with van der Waals surface area (Å²) in [7, 11) is 0.